The Morgan fingerprint density at radius 2 is 2.05 bits per heavy atom. The van der Waals surface area contributed by atoms with Crippen LogP contribution in [0.4, 0.5) is 4.39 Å². The van der Waals surface area contributed by atoms with Crippen LogP contribution in [-0.4, -0.2) is 63.4 Å². The molecular weight excluding hydrogens is 499 g/mol. The van der Waals surface area contributed by atoms with Gasteiger partial charge >= 0.3 is 0 Å². The maximum atomic E-state index is 14.9. The Morgan fingerprint density at radius 1 is 1.38 bits per heavy atom. The van der Waals surface area contributed by atoms with Crippen LogP contribution in [0.25, 0.3) is 11.3 Å². The zero-order valence-corrected chi connectivity index (χ0v) is 23.0. The Balaban J connectivity index is 1.67. The highest BCUT2D eigenvalue weighted by Gasteiger charge is 2.39. The number of ether oxygens (including phenoxy) is 1. The molecule has 3 heterocycles. The number of nitrogens with zero attached hydrogens (tertiary/aromatic N) is 3. The molecule has 204 valence electrons. The van der Waals surface area contributed by atoms with E-state index in [9.17, 15) is 22.7 Å². The average molecular weight is 537 g/mol. The van der Waals surface area contributed by atoms with Crippen molar-refractivity contribution < 1.29 is 27.4 Å². The minimum absolute atomic E-state index is 0.0685. The van der Waals surface area contributed by atoms with Gasteiger partial charge in [-0.05, 0) is 60.3 Å². The number of pyridine rings is 1. The number of rotatable bonds is 7. The number of carbonyl (C=O) groups is 1. The number of aromatic nitrogens is 3. The van der Waals surface area contributed by atoms with Gasteiger partial charge in [0.05, 0.1) is 41.6 Å². The molecular formula is C26H37FN4O5S. The molecule has 1 fully saturated rings. The Kier molecular flexibility index (Phi) is 7.42. The predicted octanol–water partition coefficient (Wildman–Crippen LogP) is 3.00. The van der Waals surface area contributed by atoms with Crippen LogP contribution >= 0.6 is 0 Å². The predicted molar refractivity (Wildman–Crippen MR) is 138 cm³/mol. The SMILES string of the molecule is CCOc1cc(-c2nn([C@H](C)C(C)(C)O)c3c2CC[C@@H](C(=O)NC2(C)CCS(=O)(=O)CC2)C3)c(F)cn1. The van der Waals surface area contributed by atoms with Gasteiger partial charge in [-0.15, -0.1) is 0 Å². The minimum atomic E-state index is -3.05. The summed E-state index contributed by atoms with van der Waals surface area (Å²) in [6, 6.07) is 1.10. The molecule has 2 aromatic heterocycles. The number of halogens is 1. The molecule has 0 spiro atoms. The van der Waals surface area contributed by atoms with Gasteiger partial charge in [-0.3, -0.25) is 9.48 Å². The number of fused-ring (bicyclic) bond motifs is 1. The van der Waals surface area contributed by atoms with Crippen molar-refractivity contribution in [3.05, 3.63) is 29.3 Å². The number of sulfone groups is 1. The van der Waals surface area contributed by atoms with E-state index in [1.807, 2.05) is 20.8 Å². The molecule has 4 rings (SSSR count). The van der Waals surface area contributed by atoms with E-state index in [0.717, 1.165) is 17.5 Å². The molecule has 2 aliphatic rings. The van der Waals surface area contributed by atoms with Crippen LogP contribution in [-0.2, 0) is 27.5 Å². The number of aliphatic hydroxyl groups is 1. The van der Waals surface area contributed by atoms with Crippen molar-refractivity contribution in [2.45, 2.75) is 83.9 Å². The summed E-state index contributed by atoms with van der Waals surface area (Å²) in [7, 11) is -3.05. The molecule has 1 amide bonds. The lowest BCUT2D eigenvalue weighted by molar-refractivity contribution is -0.127. The zero-order chi connectivity index (χ0) is 27.2. The van der Waals surface area contributed by atoms with Crippen LogP contribution in [0, 0.1) is 11.7 Å². The summed E-state index contributed by atoms with van der Waals surface area (Å²) in [4.78, 5) is 17.3. The summed E-state index contributed by atoms with van der Waals surface area (Å²) in [5.41, 5.74) is 0.708. The first-order chi connectivity index (χ1) is 17.2. The Morgan fingerprint density at radius 3 is 2.68 bits per heavy atom. The lowest BCUT2D eigenvalue weighted by atomic mass is 9.83. The summed E-state index contributed by atoms with van der Waals surface area (Å²) in [5.74, 6) is -0.550. The Bertz CT molecular complexity index is 1270. The van der Waals surface area contributed by atoms with Gasteiger partial charge in [0, 0.05) is 40.8 Å². The lowest BCUT2D eigenvalue weighted by Gasteiger charge is -2.36. The number of hydrogen-bond donors (Lipinski definition) is 2. The van der Waals surface area contributed by atoms with E-state index in [0.29, 0.717) is 50.3 Å². The average Bonchev–Trinajstić information content (AvgIpc) is 3.20. The van der Waals surface area contributed by atoms with Gasteiger partial charge in [0.25, 0.3) is 0 Å². The van der Waals surface area contributed by atoms with Gasteiger partial charge in [0.15, 0.2) is 5.82 Å². The number of carbonyl (C=O) groups excluding carboxylic acids is 1. The molecule has 2 N–H and O–H groups in total. The van der Waals surface area contributed by atoms with Crippen molar-refractivity contribution in [2.75, 3.05) is 18.1 Å². The van der Waals surface area contributed by atoms with Crippen molar-refractivity contribution in [3.8, 4) is 17.1 Å². The van der Waals surface area contributed by atoms with E-state index < -0.39 is 32.8 Å². The second-order valence-electron chi connectivity index (χ2n) is 11.1. The summed E-state index contributed by atoms with van der Waals surface area (Å²) < 4.78 is 45.9. The second-order valence-corrected chi connectivity index (χ2v) is 13.4. The maximum Gasteiger partial charge on any atom is 0.223 e. The summed E-state index contributed by atoms with van der Waals surface area (Å²) in [6.45, 7) is 9.34. The van der Waals surface area contributed by atoms with Crippen LogP contribution in [0.2, 0.25) is 0 Å². The third kappa shape index (κ3) is 5.82. The molecule has 1 saturated heterocycles. The molecule has 0 unspecified atom stereocenters. The first-order valence-corrected chi connectivity index (χ1v) is 14.7. The van der Waals surface area contributed by atoms with Crippen molar-refractivity contribution in [3.63, 3.8) is 0 Å². The third-order valence-corrected chi connectivity index (χ3v) is 9.45. The highest BCUT2D eigenvalue weighted by molar-refractivity contribution is 7.91. The largest absolute Gasteiger partial charge is 0.478 e. The molecule has 2 atom stereocenters. The van der Waals surface area contributed by atoms with E-state index in [-0.39, 0.29) is 28.9 Å². The van der Waals surface area contributed by atoms with E-state index in [2.05, 4.69) is 10.3 Å². The fraction of sp³-hybridized carbons (Fsp3) is 0.654. The van der Waals surface area contributed by atoms with Gasteiger partial charge in [-0.1, -0.05) is 0 Å². The molecule has 11 heteroatoms. The molecule has 0 radical (unpaired) electrons. The summed E-state index contributed by atoms with van der Waals surface area (Å²) in [5, 5.41) is 18.6. The summed E-state index contributed by atoms with van der Waals surface area (Å²) >= 11 is 0. The van der Waals surface area contributed by atoms with Gasteiger partial charge in [-0.25, -0.2) is 17.8 Å². The standard InChI is InChI=1S/C26H37FN4O5S/c1-6-36-22-14-19(20(27)15-28-22)23-18-8-7-17(13-21(18)31(30-23)16(2)25(3,4)33)24(32)29-26(5)9-11-37(34,35)12-10-26/h14-17,33H,6-13H2,1-5H3,(H,29,32)/t16-,17-/m1/s1. The Hall–Kier alpha value is -2.53. The summed E-state index contributed by atoms with van der Waals surface area (Å²) in [6.07, 6.45) is 3.34. The van der Waals surface area contributed by atoms with Crippen LogP contribution in [0.1, 0.15) is 71.2 Å². The zero-order valence-electron chi connectivity index (χ0n) is 22.2. The fourth-order valence-corrected chi connectivity index (χ4v) is 6.76. The van der Waals surface area contributed by atoms with Gasteiger partial charge in [-0.2, -0.15) is 5.10 Å². The van der Waals surface area contributed by atoms with Crippen LogP contribution in [0.15, 0.2) is 12.3 Å². The molecule has 0 aromatic carbocycles. The van der Waals surface area contributed by atoms with E-state index >= 15 is 0 Å². The molecule has 2 aromatic rings. The van der Waals surface area contributed by atoms with Gasteiger partial charge in [0.2, 0.25) is 11.8 Å². The van der Waals surface area contributed by atoms with Crippen molar-refractivity contribution >= 4 is 15.7 Å². The number of nitrogens with one attached hydrogen (secondary N) is 1. The van der Waals surface area contributed by atoms with Crippen molar-refractivity contribution in [1.29, 1.82) is 0 Å². The highest BCUT2D eigenvalue weighted by atomic mass is 32.2. The van der Waals surface area contributed by atoms with E-state index in [4.69, 9.17) is 9.84 Å². The van der Waals surface area contributed by atoms with Gasteiger partial charge in [0.1, 0.15) is 9.84 Å². The van der Waals surface area contributed by atoms with Gasteiger partial charge < -0.3 is 15.2 Å². The van der Waals surface area contributed by atoms with E-state index in [1.54, 1.807) is 18.5 Å². The normalized spacial score (nSPS) is 21.6. The number of amides is 1. The topological polar surface area (TPSA) is 123 Å². The van der Waals surface area contributed by atoms with Crippen molar-refractivity contribution in [1.82, 2.24) is 20.1 Å². The van der Waals surface area contributed by atoms with Crippen LogP contribution in [0.5, 0.6) is 5.88 Å². The van der Waals surface area contributed by atoms with Crippen LogP contribution < -0.4 is 10.1 Å². The molecule has 37 heavy (non-hydrogen) atoms. The third-order valence-electron chi connectivity index (χ3n) is 7.79. The first-order valence-electron chi connectivity index (χ1n) is 12.9. The molecule has 9 nitrogen and oxygen atoms in total. The monoisotopic (exact) mass is 536 g/mol. The first kappa shape index (κ1) is 27.5. The lowest BCUT2D eigenvalue weighted by Crippen LogP contribution is -2.53. The highest BCUT2D eigenvalue weighted by Crippen LogP contribution is 2.38. The quantitative estimate of drug-likeness (QED) is 0.558. The minimum Gasteiger partial charge on any atom is -0.478 e. The molecule has 0 bridgehead atoms. The molecule has 1 aliphatic carbocycles. The van der Waals surface area contributed by atoms with Crippen LogP contribution in [0.3, 0.4) is 0 Å². The molecule has 0 saturated carbocycles. The Labute approximate surface area is 217 Å². The second kappa shape index (κ2) is 9.98. The maximum absolute atomic E-state index is 14.9. The smallest absolute Gasteiger partial charge is 0.223 e. The van der Waals surface area contributed by atoms with Crippen molar-refractivity contribution in [2.24, 2.45) is 5.92 Å². The fourth-order valence-electron chi connectivity index (χ4n) is 5.04. The number of hydrogen-bond acceptors (Lipinski definition) is 7. The van der Waals surface area contributed by atoms with E-state index in [1.165, 1.54) is 6.07 Å². The molecule has 1 aliphatic heterocycles.